The summed E-state index contributed by atoms with van der Waals surface area (Å²) in [5.41, 5.74) is 8.13. The number of anilines is 3. The molecule has 0 fully saturated rings. The highest BCUT2D eigenvalue weighted by Gasteiger charge is 2.24. The number of aromatic nitrogens is 4. The van der Waals surface area contributed by atoms with Crippen molar-refractivity contribution in [1.82, 2.24) is 19.5 Å². The molecule has 1 atom stereocenters. The van der Waals surface area contributed by atoms with Crippen LogP contribution in [0.3, 0.4) is 0 Å². The van der Waals surface area contributed by atoms with Crippen molar-refractivity contribution < 1.29 is 9.84 Å². The van der Waals surface area contributed by atoms with E-state index in [4.69, 9.17) is 10.5 Å². The molecule has 0 aliphatic carbocycles. The quantitative estimate of drug-likeness (QED) is 0.426. The maximum atomic E-state index is 10.2. The normalized spacial score (nSPS) is 12.8. The predicted molar refractivity (Wildman–Crippen MR) is 115 cm³/mol. The lowest BCUT2D eigenvalue weighted by atomic mass is 10.0. The zero-order valence-corrected chi connectivity index (χ0v) is 17.5. The summed E-state index contributed by atoms with van der Waals surface area (Å²) < 4.78 is 7.23. The molecule has 0 amide bonds. The molecule has 0 aliphatic rings. The summed E-state index contributed by atoms with van der Waals surface area (Å²) in [6.45, 7) is 8.58. The highest BCUT2D eigenvalue weighted by molar-refractivity contribution is 5.84. The standard InChI is InChI=1S/C20H29N7O2/c1-6-27-11-23-16-17(22-10-13-9-14(29-5)7-8-15(13)21)25-19(26-18(16)27)24-12(2)20(3,4)28/h7-9,11-12,28H,6,10,21H2,1-5H3,(H2,22,24,25,26). The second kappa shape index (κ2) is 8.12. The number of ether oxygens (including phenoxy) is 1. The van der Waals surface area contributed by atoms with Gasteiger partial charge in [-0.15, -0.1) is 0 Å². The van der Waals surface area contributed by atoms with Gasteiger partial charge < -0.3 is 30.8 Å². The van der Waals surface area contributed by atoms with E-state index in [0.29, 0.717) is 35.2 Å². The van der Waals surface area contributed by atoms with Crippen LogP contribution in [0.5, 0.6) is 5.75 Å². The van der Waals surface area contributed by atoms with Crippen LogP contribution in [0.25, 0.3) is 11.2 Å². The summed E-state index contributed by atoms with van der Waals surface area (Å²) >= 11 is 0. The van der Waals surface area contributed by atoms with Gasteiger partial charge in [0.25, 0.3) is 0 Å². The van der Waals surface area contributed by atoms with Crippen LogP contribution < -0.4 is 21.1 Å². The van der Waals surface area contributed by atoms with Crippen molar-refractivity contribution in [3.8, 4) is 5.75 Å². The molecule has 9 nitrogen and oxygen atoms in total. The molecule has 0 saturated heterocycles. The molecular weight excluding hydrogens is 370 g/mol. The van der Waals surface area contributed by atoms with Crippen LogP contribution in [0.4, 0.5) is 17.5 Å². The molecule has 1 aromatic carbocycles. The molecule has 1 unspecified atom stereocenters. The lowest BCUT2D eigenvalue weighted by Gasteiger charge is -2.26. The number of hydrogen-bond acceptors (Lipinski definition) is 8. The molecule has 3 rings (SSSR count). The Morgan fingerprint density at radius 2 is 2.07 bits per heavy atom. The molecule has 0 radical (unpaired) electrons. The van der Waals surface area contributed by atoms with Gasteiger partial charge in [0.1, 0.15) is 5.75 Å². The molecule has 29 heavy (non-hydrogen) atoms. The Morgan fingerprint density at radius 3 is 2.72 bits per heavy atom. The molecule has 156 valence electrons. The van der Waals surface area contributed by atoms with Crippen molar-refractivity contribution >= 4 is 28.6 Å². The summed E-state index contributed by atoms with van der Waals surface area (Å²) in [5.74, 6) is 1.75. The smallest absolute Gasteiger partial charge is 0.227 e. The van der Waals surface area contributed by atoms with Crippen LogP contribution in [-0.4, -0.2) is 43.4 Å². The van der Waals surface area contributed by atoms with E-state index in [0.717, 1.165) is 17.9 Å². The highest BCUT2D eigenvalue weighted by atomic mass is 16.5. The molecule has 2 heterocycles. The molecule has 3 aromatic rings. The topological polar surface area (TPSA) is 123 Å². The van der Waals surface area contributed by atoms with E-state index in [9.17, 15) is 5.11 Å². The fourth-order valence-electron chi connectivity index (χ4n) is 2.77. The van der Waals surface area contributed by atoms with Gasteiger partial charge in [-0.05, 0) is 51.5 Å². The van der Waals surface area contributed by atoms with Gasteiger partial charge in [0.05, 0.1) is 25.1 Å². The van der Waals surface area contributed by atoms with Gasteiger partial charge in [-0.1, -0.05) is 0 Å². The molecule has 5 N–H and O–H groups in total. The lowest BCUT2D eigenvalue weighted by Crippen LogP contribution is -2.39. The molecule has 0 bridgehead atoms. The third-order valence-corrected chi connectivity index (χ3v) is 5.01. The van der Waals surface area contributed by atoms with Gasteiger partial charge in [0.2, 0.25) is 5.95 Å². The number of rotatable bonds is 8. The second-order valence-electron chi connectivity index (χ2n) is 7.54. The molecule has 2 aromatic heterocycles. The number of methoxy groups -OCH3 is 1. The number of hydrogen-bond donors (Lipinski definition) is 4. The molecular formula is C20H29N7O2. The number of benzene rings is 1. The first kappa shape index (κ1) is 20.7. The van der Waals surface area contributed by atoms with Gasteiger partial charge in [-0.2, -0.15) is 9.97 Å². The molecule has 0 aliphatic heterocycles. The van der Waals surface area contributed by atoms with E-state index in [1.165, 1.54) is 0 Å². The number of nitrogens with two attached hydrogens (primary N) is 1. The highest BCUT2D eigenvalue weighted by Crippen LogP contribution is 2.25. The Bertz CT molecular complexity index is 994. The number of nitrogens with zero attached hydrogens (tertiary/aromatic N) is 4. The van der Waals surface area contributed by atoms with Crippen LogP contribution in [-0.2, 0) is 13.1 Å². The Kier molecular flexibility index (Phi) is 5.78. The minimum atomic E-state index is -0.925. The minimum absolute atomic E-state index is 0.250. The van der Waals surface area contributed by atoms with E-state index in [1.807, 2.05) is 36.6 Å². The Labute approximate surface area is 170 Å². The van der Waals surface area contributed by atoms with Gasteiger partial charge in [0.15, 0.2) is 17.0 Å². The summed E-state index contributed by atoms with van der Waals surface area (Å²) in [6.07, 6.45) is 1.74. The SMILES string of the molecule is CCn1cnc2c(NCc3cc(OC)ccc3N)nc(NC(C)C(C)(C)O)nc21. The summed E-state index contributed by atoms with van der Waals surface area (Å²) in [6, 6.07) is 5.28. The average Bonchev–Trinajstić information content (AvgIpc) is 3.09. The number of nitrogen functional groups attached to an aromatic ring is 1. The predicted octanol–water partition coefficient (Wildman–Crippen LogP) is 2.62. The fourth-order valence-corrected chi connectivity index (χ4v) is 2.77. The number of nitrogens with one attached hydrogen (secondary N) is 2. The Balaban J connectivity index is 1.94. The first-order valence-corrected chi connectivity index (χ1v) is 9.61. The molecule has 0 spiro atoms. The van der Waals surface area contributed by atoms with Crippen molar-refractivity contribution in [2.24, 2.45) is 0 Å². The monoisotopic (exact) mass is 399 g/mol. The van der Waals surface area contributed by atoms with Crippen LogP contribution in [0.15, 0.2) is 24.5 Å². The fraction of sp³-hybridized carbons (Fsp3) is 0.450. The van der Waals surface area contributed by atoms with Crippen LogP contribution in [0, 0.1) is 0 Å². The maximum absolute atomic E-state index is 10.2. The number of aryl methyl sites for hydroxylation is 1. The second-order valence-corrected chi connectivity index (χ2v) is 7.54. The first-order chi connectivity index (χ1) is 13.7. The van der Waals surface area contributed by atoms with Crippen molar-refractivity contribution in [3.05, 3.63) is 30.1 Å². The maximum Gasteiger partial charge on any atom is 0.227 e. The average molecular weight is 399 g/mol. The Morgan fingerprint density at radius 1 is 1.31 bits per heavy atom. The molecule has 0 saturated carbocycles. The van der Waals surface area contributed by atoms with E-state index < -0.39 is 5.60 Å². The number of aliphatic hydroxyl groups is 1. The third kappa shape index (κ3) is 4.51. The summed E-state index contributed by atoms with van der Waals surface area (Å²) in [5, 5.41) is 16.8. The van der Waals surface area contributed by atoms with Crippen LogP contribution in [0.1, 0.15) is 33.3 Å². The molecule has 9 heteroatoms. The van der Waals surface area contributed by atoms with E-state index in [-0.39, 0.29) is 6.04 Å². The largest absolute Gasteiger partial charge is 0.497 e. The van der Waals surface area contributed by atoms with Crippen LogP contribution in [0.2, 0.25) is 0 Å². The van der Waals surface area contributed by atoms with E-state index in [1.54, 1.807) is 27.3 Å². The Hall–Kier alpha value is -3.07. The van der Waals surface area contributed by atoms with Gasteiger partial charge in [-0.3, -0.25) is 0 Å². The summed E-state index contributed by atoms with van der Waals surface area (Å²) in [7, 11) is 1.62. The minimum Gasteiger partial charge on any atom is -0.497 e. The first-order valence-electron chi connectivity index (χ1n) is 9.61. The number of imidazole rings is 1. The number of fused-ring (bicyclic) bond motifs is 1. The van der Waals surface area contributed by atoms with Crippen molar-refractivity contribution in [3.63, 3.8) is 0 Å². The van der Waals surface area contributed by atoms with Gasteiger partial charge >= 0.3 is 0 Å². The van der Waals surface area contributed by atoms with E-state index in [2.05, 4.69) is 25.6 Å². The third-order valence-electron chi connectivity index (χ3n) is 5.01. The van der Waals surface area contributed by atoms with Crippen LogP contribution >= 0.6 is 0 Å². The zero-order valence-electron chi connectivity index (χ0n) is 17.5. The van der Waals surface area contributed by atoms with Crippen molar-refractivity contribution in [2.45, 2.75) is 52.4 Å². The zero-order chi connectivity index (χ0) is 21.2. The van der Waals surface area contributed by atoms with E-state index >= 15 is 0 Å². The van der Waals surface area contributed by atoms with Crippen molar-refractivity contribution in [2.75, 3.05) is 23.5 Å². The lowest BCUT2D eigenvalue weighted by molar-refractivity contribution is 0.0646. The van der Waals surface area contributed by atoms with Gasteiger partial charge in [0, 0.05) is 18.8 Å². The van der Waals surface area contributed by atoms with Gasteiger partial charge in [-0.25, -0.2) is 4.98 Å². The van der Waals surface area contributed by atoms with Crippen molar-refractivity contribution in [1.29, 1.82) is 0 Å². The summed E-state index contributed by atoms with van der Waals surface area (Å²) in [4.78, 5) is 13.7.